The van der Waals surface area contributed by atoms with Crippen LogP contribution in [0.4, 0.5) is 5.82 Å². The zero-order chi connectivity index (χ0) is 20.2. The Morgan fingerprint density at radius 1 is 1.14 bits per heavy atom. The van der Waals surface area contributed by atoms with Gasteiger partial charge in [-0.05, 0) is 44.9 Å². The molecule has 1 aromatic carbocycles. The molecule has 0 aliphatic rings. The monoisotopic (exact) mass is 407 g/mol. The normalized spacial score (nSPS) is 11.1. The van der Waals surface area contributed by atoms with Crippen molar-refractivity contribution in [3.05, 3.63) is 53.7 Å². The van der Waals surface area contributed by atoms with Gasteiger partial charge in [-0.3, -0.25) is 0 Å². The molecular weight excluding hydrogens is 382 g/mol. The molecule has 3 aromatic heterocycles. The Kier molecular flexibility index (Phi) is 5.76. The molecule has 0 spiro atoms. The van der Waals surface area contributed by atoms with Crippen LogP contribution in [0.3, 0.4) is 0 Å². The number of ether oxygens (including phenoxy) is 1. The van der Waals surface area contributed by atoms with Gasteiger partial charge in [0.15, 0.2) is 0 Å². The maximum atomic E-state index is 5.59. The maximum absolute atomic E-state index is 5.59. The van der Waals surface area contributed by atoms with E-state index in [0.29, 0.717) is 6.61 Å². The summed E-state index contributed by atoms with van der Waals surface area (Å²) in [7, 11) is 0. The third-order valence-electron chi connectivity index (χ3n) is 4.74. The van der Waals surface area contributed by atoms with Gasteiger partial charge in [-0.15, -0.1) is 11.3 Å². The van der Waals surface area contributed by atoms with Crippen molar-refractivity contribution < 1.29 is 4.74 Å². The Morgan fingerprint density at radius 3 is 2.69 bits per heavy atom. The third-order valence-corrected chi connectivity index (χ3v) is 5.74. The van der Waals surface area contributed by atoms with E-state index in [1.165, 1.54) is 10.4 Å². The van der Waals surface area contributed by atoms with Crippen LogP contribution in [0.5, 0.6) is 5.75 Å². The van der Waals surface area contributed by atoms with Gasteiger partial charge in [0.05, 0.1) is 18.3 Å². The molecule has 0 aliphatic carbocycles. The SMILES string of the molecule is CCOc1ccc(-c2c(C)sc3nc(C)nc(NCCCn4ccnc4)c23)cc1. The summed E-state index contributed by atoms with van der Waals surface area (Å²) in [5.74, 6) is 2.58. The minimum Gasteiger partial charge on any atom is -0.494 e. The molecule has 3 heterocycles. The molecule has 6 nitrogen and oxygen atoms in total. The first-order valence-electron chi connectivity index (χ1n) is 9.86. The number of fused-ring (bicyclic) bond motifs is 1. The smallest absolute Gasteiger partial charge is 0.139 e. The van der Waals surface area contributed by atoms with Gasteiger partial charge in [-0.1, -0.05) is 12.1 Å². The van der Waals surface area contributed by atoms with Crippen molar-refractivity contribution in [2.45, 2.75) is 33.7 Å². The molecule has 0 amide bonds. The highest BCUT2D eigenvalue weighted by Crippen LogP contribution is 2.41. The van der Waals surface area contributed by atoms with E-state index in [2.05, 4.69) is 38.9 Å². The Hall–Kier alpha value is -2.93. The molecule has 0 aliphatic heterocycles. The van der Waals surface area contributed by atoms with Gasteiger partial charge >= 0.3 is 0 Å². The predicted molar refractivity (Wildman–Crippen MR) is 119 cm³/mol. The van der Waals surface area contributed by atoms with E-state index in [4.69, 9.17) is 9.72 Å². The molecule has 0 saturated carbocycles. The molecule has 0 bridgehead atoms. The van der Waals surface area contributed by atoms with Gasteiger partial charge in [0.1, 0.15) is 22.2 Å². The lowest BCUT2D eigenvalue weighted by Gasteiger charge is -2.11. The molecule has 0 saturated heterocycles. The van der Waals surface area contributed by atoms with Crippen LogP contribution >= 0.6 is 11.3 Å². The first-order valence-corrected chi connectivity index (χ1v) is 10.7. The van der Waals surface area contributed by atoms with Crippen LogP contribution in [-0.2, 0) is 6.54 Å². The van der Waals surface area contributed by atoms with Crippen LogP contribution < -0.4 is 10.1 Å². The van der Waals surface area contributed by atoms with Crippen molar-refractivity contribution in [2.24, 2.45) is 0 Å². The van der Waals surface area contributed by atoms with Crippen LogP contribution in [0.25, 0.3) is 21.3 Å². The Bertz CT molecular complexity index is 1090. The first-order chi connectivity index (χ1) is 14.2. The van der Waals surface area contributed by atoms with Crippen LogP contribution in [0.15, 0.2) is 43.0 Å². The summed E-state index contributed by atoms with van der Waals surface area (Å²) in [6, 6.07) is 8.27. The van der Waals surface area contributed by atoms with Crippen LogP contribution in [0.2, 0.25) is 0 Å². The molecule has 1 N–H and O–H groups in total. The maximum Gasteiger partial charge on any atom is 0.139 e. The highest BCUT2D eigenvalue weighted by atomic mass is 32.1. The van der Waals surface area contributed by atoms with Crippen molar-refractivity contribution in [2.75, 3.05) is 18.5 Å². The predicted octanol–water partition coefficient (Wildman–Crippen LogP) is 5.07. The van der Waals surface area contributed by atoms with Gasteiger partial charge < -0.3 is 14.6 Å². The zero-order valence-corrected chi connectivity index (χ0v) is 17.8. The van der Waals surface area contributed by atoms with E-state index >= 15 is 0 Å². The number of hydrogen-bond acceptors (Lipinski definition) is 6. The molecule has 4 aromatic rings. The number of thiophene rings is 1. The van der Waals surface area contributed by atoms with Crippen LogP contribution in [0, 0.1) is 13.8 Å². The summed E-state index contributed by atoms with van der Waals surface area (Å²) in [6.07, 6.45) is 6.63. The van der Waals surface area contributed by atoms with Crippen LogP contribution in [-0.4, -0.2) is 32.7 Å². The molecule has 4 rings (SSSR count). The minimum atomic E-state index is 0.667. The Morgan fingerprint density at radius 2 is 1.97 bits per heavy atom. The summed E-state index contributed by atoms with van der Waals surface area (Å²) in [6.45, 7) is 8.52. The number of benzene rings is 1. The second kappa shape index (κ2) is 8.61. The second-order valence-electron chi connectivity index (χ2n) is 6.87. The largest absolute Gasteiger partial charge is 0.494 e. The van der Waals surface area contributed by atoms with E-state index < -0.39 is 0 Å². The Balaban J connectivity index is 1.63. The number of aryl methyl sites for hydroxylation is 3. The van der Waals surface area contributed by atoms with Gasteiger partial charge in [0.25, 0.3) is 0 Å². The standard InChI is InChI=1S/C22H25N5OS/c1-4-28-18-8-6-17(7-9-18)19-15(2)29-22-20(19)21(25-16(3)26-22)24-10-5-12-27-13-11-23-14-27/h6-9,11,13-14H,4-5,10,12H2,1-3H3,(H,24,25,26). The van der Waals surface area contributed by atoms with Crippen molar-refractivity contribution in [3.8, 4) is 16.9 Å². The number of nitrogens with zero attached hydrogens (tertiary/aromatic N) is 4. The molecule has 0 fully saturated rings. The molecule has 150 valence electrons. The van der Waals surface area contributed by atoms with Crippen LogP contribution in [0.1, 0.15) is 24.0 Å². The molecule has 0 radical (unpaired) electrons. The van der Waals surface area contributed by atoms with Crippen molar-refractivity contribution in [1.82, 2.24) is 19.5 Å². The fraction of sp³-hybridized carbons (Fsp3) is 0.318. The zero-order valence-electron chi connectivity index (χ0n) is 17.0. The quantitative estimate of drug-likeness (QED) is 0.413. The Labute approximate surface area is 174 Å². The number of aromatic nitrogens is 4. The topological polar surface area (TPSA) is 64.9 Å². The molecule has 0 unspecified atom stereocenters. The number of anilines is 1. The van der Waals surface area contributed by atoms with E-state index in [0.717, 1.165) is 52.7 Å². The molecular formula is C22H25N5OS. The fourth-order valence-corrected chi connectivity index (χ4v) is 4.56. The first kappa shape index (κ1) is 19.4. The van der Waals surface area contributed by atoms with Gasteiger partial charge in [-0.25, -0.2) is 15.0 Å². The summed E-state index contributed by atoms with van der Waals surface area (Å²) in [5, 5.41) is 4.64. The van der Waals surface area contributed by atoms with E-state index in [1.54, 1.807) is 11.3 Å². The molecule has 7 heteroatoms. The van der Waals surface area contributed by atoms with E-state index in [-0.39, 0.29) is 0 Å². The summed E-state index contributed by atoms with van der Waals surface area (Å²) in [4.78, 5) is 15.8. The molecule has 29 heavy (non-hydrogen) atoms. The van der Waals surface area contributed by atoms with E-state index in [9.17, 15) is 0 Å². The second-order valence-corrected chi connectivity index (χ2v) is 8.07. The van der Waals surface area contributed by atoms with Gasteiger partial charge in [-0.2, -0.15) is 0 Å². The summed E-state index contributed by atoms with van der Waals surface area (Å²) in [5.41, 5.74) is 2.36. The average Bonchev–Trinajstić information content (AvgIpc) is 3.33. The number of rotatable bonds is 8. The van der Waals surface area contributed by atoms with Gasteiger partial charge in [0, 0.05) is 35.9 Å². The molecule has 0 atom stereocenters. The lowest BCUT2D eigenvalue weighted by Crippen LogP contribution is -2.08. The lowest BCUT2D eigenvalue weighted by molar-refractivity contribution is 0.340. The minimum absolute atomic E-state index is 0.667. The number of nitrogens with one attached hydrogen (secondary N) is 1. The number of hydrogen-bond donors (Lipinski definition) is 1. The van der Waals surface area contributed by atoms with Gasteiger partial charge in [0.2, 0.25) is 0 Å². The number of imidazole rings is 1. The van der Waals surface area contributed by atoms with E-state index in [1.807, 2.05) is 44.7 Å². The highest BCUT2D eigenvalue weighted by Gasteiger charge is 2.17. The summed E-state index contributed by atoms with van der Waals surface area (Å²) >= 11 is 1.72. The van der Waals surface area contributed by atoms with Crippen molar-refractivity contribution in [1.29, 1.82) is 0 Å². The van der Waals surface area contributed by atoms with Crippen molar-refractivity contribution >= 4 is 27.4 Å². The third kappa shape index (κ3) is 4.24. The summed E-state index contributed by atoms with van der Waals surface area (Å²) < 4.78 is 7.68. The lowest BCUT2D eigenvalue weighted by atomic mass is 10.0. The average molecular weight is 408 g/mol. The fourth-order valence-electron chi connectivity index (χ4n) is 3.47. The van der Waals surface area contributed by atoms with Crippen molar-refractivity contribution in [3.63, 3.8) is 0 Å². The highest BCUT2D eigenvalue weighted by molar-refractivity contribution is 7.19.